The maximum Gasteiger partial charge on any atom is 0.404 e. The summed E-state index contributed by atoms with van der Waals surface area (Å²) in [5.41, 5.74) is 5.43. The minimum atomic E-state index is -1.07. The van der Waals surface area contributed by atoms with Crippen molar-refractivity contribution in [2.75, 3.05) is 34.0 Å². The van der Waals surface area contributed by atoms with E-state index in [-0.39, 0.29) is 6.54 Å². The molecule has 0 rings (SSSR count). The normalized spacial score (nSPS) is 11.4. The Labute approximate surface area is 89.7 Å². The summed E-state index contributed by atoms with van der Waals surface area (Å²) in [6.07, 6.45) is 0.111. The first kappa shape index (κ1) is 14.2. The molecule has 15 heavy (non-hydrogen) atoms. The molecule has 6 nitrogen and oxygen atoms in total. The molecule has 90 valence electrons. The molecule has 0 atom stereocenters. The Morgan fingerprint density at radius 3 is 2.13 bits per heavy atom. The highest BCUT2D eigenvalue weighted by atomic mass is 16.5. The molecule has 0 aromatic carbocycles. The van der Waals surface area contributed by atoms with Gasteiger partial charge in [0, 0.05) is 39.5 Å². The summed E-state index contributed by atoms with van der Waals surface area (Å²) in [4.78, 5) is 10.4. The molecule has 6 heteroatoms. The second kappa shape index (κ2) is 7.44. The van der Waals surface area contributed by atoms with Crippen LogP contribution in [0.3, 0.4) is 0 Å². The number of ether oxygens (including phenoxy) is 2. The van der Waals surface area contributed by atoms with E-state index in [0.29, 0.717) is 26.1 Å². The third kappa shape index (κ3) is 7.12. The molecule has 0 aromatic heterocycles. The lowest BCUT2D eigenvalue weighted by atomic mass is 9.93. The molecular weight excluding hydrogens is 200 g/mol. The van der Waals surface area contributed by atoms with Crippen molar-refractivity contribution in [3.63, 3.8) is 0 Å². The fraction of sp³-hybridized carbons (Fsp3) is 0.889. The van der Waals surface area contributed by atoms with Crippen molar-refractivity contribution in [2.45, 2.75) is 18.4 Å². The number of hydrogen-bond acceptors (Lipinski definition) is 4. The zero-order valence-corrected chi connectivity index (χ0v) is 9.28. The first-order valence-electron chi connectivity index (χ1n) is 4.77. The zero-order valence-electron chi connectivity index (χ0n) is 9.28. The van der Waals surface area contributed by atoms with Gasteiger partial charge in [-0.2, -0.15) is 0 Å². The summed E-state index contributed by atoms with van der Waals surface area (Å²) in [6.45, 7) is 1.21. The molecule has 0 saturated heterocycles. The third-order valence-corrected chi connectivity index (χ3v) is 2.20. The fourth-order valence-electron chi connectivity index (χ4n) is 1.16. The molecule has 0 radical (unpaired) electrons. The van der Waals surface area contributed by atoms with E-state index in [1.807, 2.05) is 0 Å². The lowest BCUT2D eigenvalue weighted by Crippen LogP contribution is -2.51. The van der Waals surface area contributed by atoms with Crippen LogP contribution in [-0.4, -0.2) is 50.7 Å². The van der Waals surface area contributed by atoms with Crippen LogP contribution in [0.15, 0.2) is 0 Å². The van der Waals surface area contributed by atoms with E-state index < -0.39 is 11.6 Å². The topological polar surface area (TPSA) is 93.8 Å². The number of methoxy groups -OCH3 is 2. The number of nitrogens with two attached hydrogens (primary N) is 1. The summed E-state index contributed by atoms with van der Waals surface area (Å²) in [5.74, 6) is 0. The van der Waals surface area contributed by atoms with Crippen molar-refractivity contribution < 1.29 is 19.4 Å². The molecular formula is C9H20N2O4. The van der Waals surface area contributed by atoms with Crippen LogP contribution in [0, 0.1) is 0 Å². The van der Waals surface area contributed by atoms with Crippen LogP contribution in [-0.2, 0) is 9.47 Å². The van der Waals surface area contributed by atoms with Gasteiger partial charge in [0.15, 0.2) is 0 Å². The van der Waals surface area contributed by atoms with Gasteiger partial charge in [-0.1, -0.05) is 0 Å². The predicted molar refractivity (Wildman–Crippen MR) is 55.9 cm³/mol. The number of rotatable bonds is 8. The first-order valence-corrected chi connectivity index (χ1v) is 4.77. The monoisotopic (exact) mass is 220 g/mol. The van der Waals surface area contributed by atoms with Crippen molar-refractivity contribution in [2.24, 2.45) is 5.73 Å². The summed E-state index contributed by atoms with van der Waals surface area (Å²) >= 11 is 0. The van der Waals surface area contributed by atoms with Gasteiger partial charge in [-0.05, 0) is 12.8 Å². The minimum Gasteiger partial charge on any atom is -0.465 e. The smallest absolute Gasteiger partial charge is 0.404 e. The molecule has 0 unspecified atom stereocenters. The molecule has 0 spiro atoms. The SMILES string of the molecule is COCCC(N)(CCOC)CNC(=O)O. The Bertz CT molecular complexity index is 179. The molecule has 0 aliphatic carbocycles. The predicted octanol–water partition coefficient (Wildman–Crippen LogP) is 0.0245. The Kier molecular flexibility index (Phi) is 7.02. The average molecular weight is 220 g/mol. The highest BCUT2D eigenvalue weighted by molar-refractivity contribution is 5.64. The van der Waals surface area contributed by atoms with E-state index in [4.69, 9.17) is 20.3 Å². The van der Waals surface area contributed by atoms with E-state index in [1.165, 1.54) is 0 Å². The maximum atomic E-state index is 10.4. The van der Waals surface area contributed by atoms with Gasteiger partial charge < -0.3 is 25.6 Å². The lowest BCUT2D eigenvalue weighted by molar-refractivity contribution is 0.130. The molecule has 1 amide bonds. The molecule has 0 aliphatic heterocycles. The Balaban J connectivity index is 4.06. The average Bonchev–Trinajstić information content (AvgIpc) is 2.21. The summed E-state index contributed by atoms with van der Waals surface area (Å²) in [6, 6.07) is 0. The highest BCUT2D eigenvalue weighted by Gasteiger charge is 2.24. The maximum absolute atomic E-state index is 10.4. The van der Waals surface area contributed by atoms with Crippen LogP contribution in [0.1, 0.15) is 12.8 Å². The van der Waals surface area contributed by atoms with Gasteiger partial charge in [-0.25, -0.2) is 4.79 Å². The van der Waals surface area contributed by atoms with Gasteiger partial charge in [-0.3, -0.25) is 0 Å². The van der Waals surface area contributed by atoms with E-state index in [9.17, 15) is 4.79 Å². The summed E-state index contributed by atoms with van der Waals surface area (Å²) in [7, 11) is 3.17. The molecule has 0 aliphatic rings. The Hall–Kier alpha value is -0.850. The van der Waals surface area contributed by atoms with Crippen LogP contribution in [0.25, 0.3) is 0 Å². The van der Waals surface area contributed by atoms with Gasteiger partial charge in [0.2, 0.25) is 0 Å². The number of carboxylic acid groups (broad SMARTS) is 1. The molecule has 0 heterocycles. The standard InChI is InChI=1S/C9H20N2O4/c1-14-5-3-9(10,4-6-15-2)7-11-8(12)13/h11H,3-7,10H2,1-2H3,(H,12,13). The van der Waals surface area contributed by atoms with E-state index >= 15 is 0 Å². The van der Waals surface area contributed by atoms with Crippen LogP contribution in [0.4, 0.5) is 4.79 Å². The van der Waals surface area contributed by atoms with Crippen molar-refractivity contribution in [1.29, 1.82) is 0 Å². The second-order valence-corrected chi connectivity index (χ2v) is 3.51. The number of hydrogen-bond donors (Lipinski definition) is 3. The number of carbonyl (C=O) groups is 1. The van der Waals surface area contributed by atoms with Crippen molar-refractivity contribution >= 4 is 6.09 Å². The van der Waals surface area contributed by atoms with Gasteiger partial charge in [0.25, 0.3) is 0 Å². The number of nitrogens with one attached hydrogen (secondary N) is 1. The Morgan fingerprint density at radius 1 is 1.33 bits per heavy atom. The largest absolute Gasteiger partial charge is 0.465 e. The van der Waals surface area contributed by atoms with Gasteiger partial charge >= 0.3 is 6.09 Å². The van der Waals surface area contributed by atoms with E-state index in [2.05, 4.69) is 5.32 Å². The van der Waals surface area contributed by atoms with Gasteiger partial charge in [-0.15, -0.1) is 0 Å². The minimum absolute atomic E-state index is 0.203. The van der Waals surface area contributed by atoms with E-state index in [0.717, 1.165) is 0 Å². The molecule has 4 N–H and O–H groups in total. The zero-order chi connectivity index (χ0) is 11.7. The van der Waals surface area contributed by atoms with E-state index in [1.54, 1.807) is 14.2 Å². The Morgan fingerprint density at radius 2 is 1.80 bits per heavy atom. The summed E-state index contributed by atoms with van der Waals surface area (Å²) in [5, 5.41) is 10.8. The van der Waals surface area contributed by atoms with Gasteiger partial charge in [0.05, 0.1) is 0 Å². The molecule has 0 saturated carbocycles. The second-order valence-electron chi connectivity index (χ2n) is 3.51. The first-order chi connectivity index (χ1) is 7.04. The molecule has 0 fully saturated rings. The highest BCUT2D eigenvalue weighted by Crippen LogP contribution is 2.11. The quantitative estimate of drug-likeness (QED) is 0.536. The number of amides is 1. The fourth-order valence-corrected chi connectivity index (χ4v) is 1.16. The lowest BCUT2D eigenvalue weighted by Gasteiger charge is -2.28. The van der Waals surface area contributed by atoms with Gasteiger partial charge in [0.1, 0.15) is 0 Å². The van der Waals surface area contributed by atoms with Crippen LogP contribution >= 0.6 is 0 Å². The van der Waals surface area contributed by atoms with Crippen LogP contribution in [0.5, 0.6) is 0 Å². The molecule has 0 aromatic rings. The van der Waals surface area contributed by atoms with Crippen LogP contribution < -0.4 is 11.1 Å². The van der Waals surface area contributed by atoms with Crippen molar-refractivity contribution in [3.8, 4) is 0 Å². The van der Waals surface area contributed by atoms with Crippen molar-refractivity contribution in [3.05, 3.63) is 0 Å². The third-order valence-electron chi connectivity index (χ3n) is 2.20. The van der Waals surface area contributed by atoms with Crippen molar-refractivity contribution in [1.82, 2.24) is 5.32 Å². The molecule has 0 bridgehead atoms. The summed E-state index contributed by atoms with van der Waals surface area (Å²) < 4.78 is 9.86. The van der Waals surface area contributed by atoms with Crippen LogP contribution in [0.2, 0.25) is 0 Å².